The number of esters is 2. The van der Waals surface area contributed by atoms with Crippen LogP contribution >= 0.6 is 0 Å². The Bertz CT molecular complexity index is 809. The molecular weight excluding hydrogens is 692 g/mol. The van der Waals surface area contributed by atoms with Crippen LogP contribution in [0.25, 0.3) is 0 Å². The summed E-state index contributed by atoms with van der Waals surface area (Å²) in [6, 6.07) is 0. The van der Waals surface area contributed by atoms with E-state index in [1.54, 1.807) is 0 Å². The molecule has 0 amide bonds. The van der Waals surface area contributed by atoms with Crippen LogP contribution in [-0.4, -0.2) is 181 Å². The van der Waals surface area contributed by atoms with E-state index in [-0.39, 0.29) is 44.4 Å². The highest BCUT2D eigenvalue weighted by atomic mass is 16.6. The largest absolute Gasteiger partial charge is 0.481 e. The normalized spacial score (nSPS) is 11.6. The number of hydrogen-bond donors (Lipinski definition) is 1. The van der Waals surface area contributed by atoms with Crippen molar-refractivity contribution < 1.29 is 81.1 Å². The zero-order valence-corrected chi connectivity index (χ0v) is 31.8. The van der Waals surface area contributed by atoms with Crippen LogP contribution in [0.3, 0.4) is 0 Å². The summed E-state index contributed by atoms with van der Waals surface area (Å²) in [5.74, 6) is -1.49. The van der Waals surface area contributed by atoms with Crippen molar-refractivity contribution in [3.8, 4) is 0 Å². The first-order valence-corrected chi connectivity index (χ1v) is 18.1. The molecule has 0 aromatic carbocycles. The van der Waals surface area contributed by atoms with E-state index in [0.717, 1.165) is 0 Å². The molecule has 17 heteroatoms. The highest BCUT2D eigenvalue weighted by molar-refractivity contribution is 5.70. The molecule has 0 radical (unpaired) electrons. The molecule has 0 rings (SSSR count). The molecule has 0 atom stereocenters. The average Bonchev–Trinajstić information content (AvgIpc) is 3.09. The predicted octanol–water partition coefficient (Wildman–Crippen LogP) is 2.09. The molecule has 0 fully saturated rings. The molecule has 0 aliphatic heterocycles. The maximum Gasteiger partial charge on any atom is 0.308 e. The Morgan fingerprint density at radius 2 is 0.635 bits per heavy atom. The molecule has 1 N–H and O–H groups in total. The van der Waals surface area contributed by atoms with E-state index < -0.39 is 11.6 Å². The van der Waals surface area contributed by atoms with Gasteiger partial charge < -0.3 is 66.7 Å². The standard InChI is InChI=1S/C35H66O17/c1-35(2,3)52-34(39)8-9-40-10-11-41-12-13-42-14-15-43-16-17-44-18-19-45-20-21-46-22-23-47-24-25-48-26-27-49-28-29-50-30-31-51-33(38)7-5-4-6-32(36)37/h4-31H2,1-3H3,(H,36,37). The van der Waals surface area contributed by atoms with Gasteiger partial charge in [-0.15, -0.1) is 0 Å². The minimum Gasteiger partial charge on any atom is -0.481 e. The van der Waals surface area contributed by atoms with Gasteiger partial charge in [-0.1, -0.05) is 0 Å². The second-order valence-electron chi connectivity index (χ2n) is 11.9. The Labute approximate surface area is 309 Å². The summed E-state index contributed by atoms with van der Waals surface area (Å²) in [6.07, 6.45) is 1.44. The van der Waals surface area contributed by atoms with Gasteiger partial charge in [0.1, 0.15) is 12.2 Å². The van der Waals surface area contributed by atoms with Crippen LogP contribution in [0.1, 0.15) is 52.9 Å². The fourth-order valence-electron chi connectivity index (χ4n) is 3.68. The topological polar surface area (TPSA) is 191 Å². The van der Waals surface area contributed by atoms with Gasteiger partial charge in [-0.3, -0.25) is 14.4 Å². The Hall–Kier alpha value is -2.03. The molecule has 0 bridgehead atoms. The van der Waals surface area contributed by atoms with Gasteiger partial charge in [-0.05, 0) is 33.6 Å². The quantitative estimate of drug-likeness (QED) is 0.0704. The molecule has 0 saturated carbocycles. The Balaban J connectivity index is 3.14. The highest BCUT2D eigenvalue weighted by Crippen LogP contribution is 2.08. The van der Waals surface area contributed by atoms with Gasteiger partial charge in [0.05, 0.1) is 152 Å². The summed E-state index contributed by atoms with van der Waals surface area (Å²) >= 11 is 0. The van der Waals surface area contributed by atoms with Crippen LogP contribution in [0.15, 0.2) is 0 Å². The molecule has 0 unspecified atom stereocenters. The van der Waals surface area contributed by atoms with Crippen LogP contribution in [0.2, 0.25) is 0 Å². The fourth-order valence-corrected chi connectivity index (χ4v) is 3.68. The van der Waals surface area contributed by atoms with Gasteiger partial charge in [0.2, 0.25) is 0 Å². The lowest BCUT2D eigenvalue weighted by Crippen LogP contribution is -2.24. The molecule has 0 aromatic rings. The summed E-state index contributed by atoms with van der Waals surface area (Å²) < 4.78 is 69.9. The number of unbranched alkanes of at least 4 members (excludes halogenated alkanes) is 1. The zero-order chi connectivity index (χ0) is 38.2. The van der Waals surface area contributed by atoms with E-state index in [0.29, 0.717) is 152 Å². The number of carboxylic acids is 1. The summed E-state index contributed by atoms with van der Waals surface area (Å²) in [5.41, 5.74) is -0.482. The molecule has 0 heterocycles. The smallest absolute Gasteiger partial charge is 0.308 e. The molecule has 17 nitrogen and oxygen atoms in total. The van der Waals surface area contributed by atoms with Crippen LogP contribution < -0.4 is 0 Å². The van der Waals surface area contributed by atoms with E-state index in [2.05, 4.69) is 0 Å². The maximum atomic E-state index is 11.6. The van der Waals surface area contributed by atoms with Crippen LogP contribution in [0.5, 0.6) is 0 Å². The SMILES string of the molecule is CC(C)(C)OC(=O)CCOCCOCCOCCOCCOCCOCCOCCOCCOCCOCCOCCOC(=O)CCCCC(=O)O. The Morgan fingerprint density at radius 3 is 0.923 bits per heavy atom. The van der Waals surface area contributed by atoms with Gasteiger partial charge in [0.25, 0.3) is 0 Å². The lowest BCUT2D eigenvalue weighted by atomic mass is 10.2. The van der Waals surface area contributed by atoms with Crippen molar-refractivity contribution in [3.05, 3.63) is 0 Å². The zero-order valence-electron chi connectivity index (χ0n) is 31.8. The van der Waals surface area contributed by atoms with Crippen molar-refractivity contribution in [1.29, 1.82) is 0 Å². The lowest BCUT2D eigenvalue weighted by molar-refractivity contribution is -0.156. The van der Waals surface area contributed by atoms with E-state index >= 15 is 0 Å². The number of hydrogen-bond acceptors (Lipinski definition) is 16. The van der Waals surface area contributed by atoms with Gasteiger partial charge in [0, 0.05) is 12.8 Å². The molecule has 308 valence electrons. The third kappa shape index (κ3) is 44.1. The second kappa shape index (κ2) is 38.7. The Kier molecular flexibility index (Phi) is 37.2. The molecule has 52 heavy (non-hydrogen) atoms. The summed E-state index contributed by atoms with van der Waals surface area (Å²) in [4.78, 5) is 33.5. The molecular formula is C35H66O17. The van der Waals surface area contributed by atoms with Crippen molar-refractivity contribution in [2.24, 2.45) is 0 Å². The third-order valence-corrected chi connectivity index (χ3v) is 6.10. The summed E-state index contributed by atoms with van der Waals surface area (Å²) in [5, 5.41) is 8.55. The van der Waals surface area contributed by atoms with E-state index in [9.17, 15) is 14.4 Å². The van der Waals surface area contributed by atoms with E-state index in [1.165, 1.54) is 0 Å². The summed E-state index contributed by atoms with van der Waals surface area (Å²) in [7, 11) is 0. The Morgan fingerprint density at radius 1 is 0.365 bits per heavy atom. The minimum atomic E-state index is -0.866. The molecule has 0 aliphatic carbocycles. The van der Waals surface area contributed by atoms with Crippen LogP contribution in [-0.2, 0) is 76.0 Å². The first-order chi connectivity index (χ1) is 25.2. The van der Waals surface area contributed by atoms with Gasteiger partial charge in [0.15, 0.2) is 0 Å². The van der Waals surface area contributed by atoms with Crippen molar-refractivity contribution in [2.75, 3.05) is 152 Å². The first-order valence-electron chi connectivity index (χ1n) is 18.1. The predicted molar refractivity (Wildman–Crippen MR) is 187 cm³/mol. The van der Waals surface area contributed by atoms with E-state index in [1.807, 2.05) is 20.8 Å². The lowest BCUT2D eigenvalue weighted by Gasteiger charge is -2.19. The number of ether oxygens (including phenoxy) is 13. The molecule has 0 aromatic heterocycles. The summed E-state index contributed by atoms with van der Waals surface area (Å²) in [6.45, 7) is 15.3. The number of aliphatic carboxylic acids is 1. The van der Waals surface area contributed by atoms with Crippen molar-refractivity contribution in [1.82, 2.24) is 0 Å². The van der Waals surface area contributed by atoms with Crippen molar-refractivity contribution >= 4 is 17.9 Å². The van der Waals surface area contributed by atoms with Crippen LogP contribution in [0, 0.1) is 0 Å². The molecule has 0 spiro atoms. The molecule has 0 aliphatic rings. The van der Waals surface area contributed by atoms with E-state index in [4.69, 9.17) is 66.7 Å². The van der Waals surface area contributed by atoms with Gasteiger partial charge >= 0.3 is 17.9 Å². The highest BCUT2D eigenvalue weighted by Gasteiger charge is 2.15. The monoisotopic (exact) mass is 758 g/mol. The number of carbonyl (C=O) groups excluding carboxylic acids is 2. The average molecular weight is 759 g/mol. The molecule has 0 saturated heterocycles. The van der Waals surface area contributed by atoms with Crippen molar-refractivity contribution in [2.45, 2.75) is 58.5 Å². The number of rotatable bonds is 41. The fraction of sp³-hybridized carbons (Fsp3) is 0.914. The van der Waals surface area contributed by atoms with Crippen molar-refractivity contribution in [3.63, 3.8) is 0 Å². The van der Waals surface area contributed by atoms with Gasteiger partial charge in [-0.2, -0.15) is 0 Å². The maximum absolute atomic E-state index is 11.6. The second-order valence-corrected chi connectivity index (χ2v) is 11.9. The van der Waals surface area contributed by atoms with Gasteiger partial charge in [-0.25, -0.2) is 0 Å². The number of carboxylic acid groups (broad SMARTS) is 1. The number of carbonyl (C=O) groups is 3. The van der Waals surface area contributed by atoms with Crippen LogP contribution in [0.4, 0.5) is 0 Å². The third-order valence-electron chi connectivity index (χ3n) is 6.10. The minimum absolute atomic E-state index is 0.0562. The first kappa shape index (κ1) is 50.0.